The molecule has 0 spiro atoms. The number of nitrogens with zero attached hydrogens (tertiary/aromatic N) is 1. The van der Waals surface area contributed by atoms with Crippen molar-refractivity contribution < 1.29 is 18.3 Å². The second-order valence-electron chi connectivity index (χ2n) is 3.58. The van der Waals surface area contributed by atoms with E-state index in [1.165, 1.54) is 0 Å². The van der Waals surface area contributed by atoms with Gasteiger partial charge in [0.05, 0.1) is 5.75 Å². The fraction of sp³-hybridized carbons (Fsp3) is 0.889. The van der Waals surface area contributed by atoms with Crippen LogP contribution in [0.15, 0.2) is 0 Å². The first-order valence-corrected chi connectivity index (χ1v) is 6.75. The average molecular weight is 237 g/mol. The molecule has 1 N–H and O–H groups in total. The molecule has 90 valence electrons. The van der Waals surface area contributed by atoms with Crippen molar-refractivity contribution in [1.29, 1.82) is 0 Å². The van der Waals surface area contributed by atoms with Crippen molar-refractivity contribution >= 4 is 15.8 Å². The molecule has 0 fully saturated rings. The maximum atomic E-state index is 11.1. The van der Waals surface area contributed by atoms with E-state index in [1.54, 1.807) is 25.8 Å². The Morgan fingerprint density at radius 1 is 1.47 bits per heavy atom. The van der Waals surface area contributed by atoms with Gasteiger partial charge in [-0.3, -0.25) is 9.69 Å². The molecule has 0 aromatic carbocycles. The first-order chi connectivity index (χ1) is 6.80. The minimum atomic E-state index is -2.94. The zero-order valence-corrected chi connectivity index (χ0v) is 10.2. The molecule has 0 aliphatic carbocycles. The third-order valence-electron chi connectivity index (χ3n) is 2.42. The van der Waals surface area contributed by atoms with Gasteiger partial charge in [0.15, 0.2) is 0 Å². The van der Waals surface area contributed by atoms with E-state index in [2.05, 4.69) is 0 Å². The summed E-state index contributed by atoms with van der Waals surface area (Å²) < 4.78 is 22.3. The van der Waals surface area contributed by atoms with Gasteiger partial charge in [-0.1, -0.05) is 6.92 Å². The van der Waals surface area contributed by atoms with Crippen LogP contribution >= 0.6 is 0 Å². The SMILES string of the molecule is CCS(=O)(=O)CCCN(C)C(C)C(=O)O. The van der Waals surface area contributed by atoms with Gasteiger partial charge in [0.25, 0.3) is 0 Å². The highest BCUT2D eigenvalue weighted by molar-refractivity contribution is 7.91. The summed E-state index contributed by atoms with van der Waals surface area (Å²) in [5.74, 6) is -0.624. The zero-order chi connectivity index (χ0) is 12.1. The summed E-state index contributed by atoms with van der Waals surface area (Å²) in [6.45, 7) is 3.67. The smallest absolute Gasteiger partial charge is 0.320 e. The van der Waals surface area contributed by atoms with Crippen LogP contribution in [0.1, 0.15) is 20.3 Å². The number of aliphatic carboxylic acids is 1. The number of carboxylic acid groups (broad SMARTS) is 1. The fourth-order valence-corrected chi connectivity index (χ4v) is 1.92. The van der Waals surface area contributed by atoms with Crippen molar-refractivity contribution in [2.24, 2.45) is 0 Å². The van der Waals surface area contributed by atoms with E-state index >= 15 is 0 Å². The Morgan fingerprint density at radius 3 is 2.40 bits per heavy atom. The van der Waals surface area contributed by atoms with Crippen molar-refractivity contribution in [2.45, 2.75) is 26.3 Å². The first kappa shape index (κ1) is 14.4. The van der Waals surface area contributed by atoms with E-state index in [9.17, 15) is 13.2 Å². The second kappa shape index (κ2) is 6.07. The minimum absolute atomic E-state index is 0.125. The summed E-state index contributed by atoms with van der Waals surface area (Å²) >= 11 is 0. The molecule has 0 bridgehead atoms. The van der Waals surface area contributed by atoms with Crippen molar-refractivity contribution in [3.8, 4) is 0 Å². The second-order valence-corrected chi connectivity index (χ2v) is 6.06. The number of hydrogen-bond donors (Lipinski definition) is 1. The van der Waals surface area contributed by atoms with E-state index in [0.29, 0.717) is 13.0 Å². The Bertz CT molecular complexity index is 299. The standard InChI is InChI=1S/C9H19NO4S/c1-4-15(13,14)7-5-6-10(3)8(2)9(11)12/h8H,4-7H2,1-3H3,(H,11,12). The van der Waals surface area contributed by atoms with Crippen LogP contribution in [0.2, 0.25) is 0 Å². The Labute approximate surface area is 91.0 Å². The molecular formula is C9H19NO4S. The van der Waals surface area contributed by atoms with Gasteiger partial charge in [-0.25, -0.2) is 8.42 Å². The number of sulfone groups is 1. The largest absolute Gasteiger partial charge is 0.480 e. The molecule has 0 aromatic rings. The van der Waals surface area contributed by atoms with Gasteiger partial charge in [-0.05, 0) is 26.9 Å². The van der Waals surface area contributed by atoms with Gasteiger partial charge in [-0.15, -0.1) is 0 Å². The van der Waals surface area contributed by atoms with E-state index in [0.717, 1.165) is 0 Å². The molecule has 5 nitrogen and oxygen atoms in total. The monoisotopic (exact) mass is 237 g/mol. The first-order valence-electron chi connectivity index (χ1n) is 4.93. The van der Waals surface area contributed by atoms with Gasteiger partial charge in [0, 0.05) is 5.75 Å². The minimum Gasteiger partial charge on any atom is -0.480 e. The Balaban J connectivity index is 3.93. The molecule has 0 amide bonds. The normalized spacial score (nSPS) is 14.1. The Kier molecular flexibility index (Phi) is 5.82. The molecule has 0 aromatic heterocycles. The average Bonchev–Trinajstić information content (AvgIpc) is 2.16. The van der Waals surface area contributed by atoms with Crippen LogP contribution < -0.4 is 0 Å². The summed E-state index contributed by atoms with van der Waals surface area (Å²) in [5.41, 5.74) is 0. The number of likely N-dealkylation sites (N-methyl/N-ethyl adjacent to an activating group) is 1. The highest BCUT2D eigenvalue weighted by Crippen LogP contribution is 2.00. The van der Waals surface area contributed by atoms with Crippen LogP contribution in [0.25, 0.3) is 0 Å². The van der Waals surface area contributed by atoms with E-state index in [1.807, 2.05) is 0 Å². The molecule has 0 aliphatic heterocycles. The van der Waals surface area contributed by atoms with E-state index in [4.69, 9.17) is 5.11 Å². The fourth-order valence-electron chi connectivity index (χ4n) is 1.06. The lowest BCUT2D eigenvalue weighted by molar-refractivity contribution is -0.142. The molecule has 0 aliphatic rings. The van der Waals surface area contributed by atoms with Gasteiger partial charge in [0.1, 0.15) is 15.9 Å². The molecule has 6 heteroatoms. The molecule has 0 radical (unpaired) electrons. The molecular weight excluding hydrogens is 218 g/mol. The topological polar surface area (TPSA) is 74.7 Å². The van der Waals surface area contributed by atoms with Crippen molar-refractivity contribution in [3.05, 3.63) is 0 Å². The van der Waals surface area contributed by atoms with Gasteiger partial charge in [0.2, 0.25) is 0 Å². The molecule has 0 saturated heterocycles. The quantitative estimate of drug-likeness (QED) is 0.685. The lowest BCUT2D eigenvalue weighted by Crippen LogP contribution is -2.37. The Morgan fingerprint density at radius 2 is 2.00 bits per heavy atom. The third-order valence-corrected chi connectivity index (χ3v) is 4.21. The maximum absolute atomic E-state index is 11.1. The summed E-state index contributed by atoms with van der Waals surface area (Å²) in [4.78, 5) is 12.2. The number of rotatable bonds is 7. The molecule has 1 atom stereocenters. The molecule has 0 rings (SSSR count). The number of carbonyl (C=O) groups is 1. The molecule has 1 unspecified atom stereocenters. The predicted molar refractivity (Wildman–Crippen MR) is 58.7 cm³/mol. The van der Waals surface area contributed by atoms with Crippen LogP contribution in [0, 0.1) is 0 Å². The molecule has 0 heterocycles. The molecule has 0 saturated carbocycles. The van der Waals surface area contributed by atoms with Gasteiger partial charge in [-0.2, -0.15) is 0 Å². The van der Waals surface area contributed by atoms with Crippen molar-refractivity contribution in [1.82, 2.24) is 4.90 Å². The number of hydrogen-bond acceptors (Lipinski definition) is 4. The van der Waals surface area contributed by atoms with Crippen LogP contribution in [0.3, 0.4) is 0 Å². The van der Waals surface area contributed by atoms with Crippen LogP contribution in [-0.2, 0) is 14.6 Å². The van der Waals surface area contributed by atoms with Crippen LogP contribution in [0.4, 0.5) is 0 Å². The lowest BCUT2D eigenvalue weighted by atomic mass is 10.3. The lowest BCUT2D eigenvalue weighted by Gasteiger charge is -2.20. The third kappa shape index (κ3) is 5.74. The summed E-state index contributed by atoms with van der Waals surface area (Å²) in [5, 5.41) is 8.70. The Hall–Kier alpha value is -0.620. The van der Waals surface area contributed by atoms with Gasteiger partial charge >= 0.3 is 5.97 Å². The number of carboxylic acids is 1. The van der Waals surface area contributed by atoms with Crippen LogP contribution in [0.5, 0.6) is 0 Å². The summed E-state index contributed by atoms with van der Waals surface area (Å²) in [6, 6.07) is -0.575. The molecule has 15 heavy (non-hydrogen) atoms. The predicted octanol–water partition coefficient (Wildman–Crippen LogP) is 0.216. The van der Waals surface area contributed by atoms with Crippen molar-refractivity contribution in [2.75, 3.05) is 25.1 Å². The maximum Gasteiger partial charge on any atom is 0.320 e. The van der Waals surface area contributed by atoms with Crippen LogP contribution in [-0.4, -0.2) is 55.5 Å². The van der Waals surface area contributed by atoms with E-state index < -0.39 is 21.8 Å². The summed E-state index contributed by atoms with van der Waals surface area (Å²) in [6.07, 6.45) is 0.476. The highest BCUT2D eigenvalue weighted by Gasteiger charge is 2.16. The summed E-state index contributed by atoms with van der Waals surface area (Å²) in [7, 11) is -1.26. The highest BCUT2D eigenvalue weighted by atomic mass is 32.2. The van der Waals surface area contributed by atoms with Crippen molar-refractivity contribution in [3.63, 3.8) is 0 Å². The van der Waals surface area contributed by atoms with Gasteiger partial charge < -0.3 is 5.11 Å². The zero-order valence-electron chi connectivity index (χ0n) is 9.43. The van der Waals surface area contributed by atoms with E-state index in [-0.39, 0.29) is 11.5 Å².